The van der Waals surface area contributed by atoms with Crippen LogP contribution < -0.4 is 4.72 Å². The number of aliphatic hydroxyl groups is 2. The first kappa shape index (κ1) is 15.4. The van der Waals surface area contributed by atoms with E-state index >= 15 is 0 Å². The van der Waals surface area contributed by atoms with Crippen molar-refractivity contribution >= 4 is 15.7 Å². The lowest BCUT2D eigenvalue weighted by Gasteiger charge is -2.13. The molecule has 0 aromatic heterocycles. The predicted molar refractivity (Wildman–Crippen MR) is 61.3 cm³/mol. The van der Waals surface area contributed by atoms with E-state index in [4.69, 9.17) is 10.2 Å². The Bertz CT molecular complexity index is 572. The number of nitrogens with zero attached hydrogens (tertiary/aromatic N) is 1. The van der Waals surface area contributed by atoms with Crippen molar-refractivity contribution in [2.45, 2.75) is 10.9 Å². The van der Waals surface area contributed by atoms with Crippen molar-refractivity contribution in [2.75, 3.05) is 13.2 Å². The highest BCUT2D eigenvalue weighted by Crippen LogP contribution is 2.20. The topological polar surface area (TPSA) is 130 Å². The molecule has 0 aliphatic heterocycles. The number of halogens is 1. The molecule has 0 saturated heterocycles. The van der Waals surface area contributed by atoms with Gasteiger partial charge in [-0.1, -0.05) is 0 Å². The highest BCUT2D eigenvalue weighted by molar-refractivity contribution is 7.89. The van der Waals surface area contributed by atoms with Crippen LogP contribution in [0.5, 0.6) is 0 Å². The summed E-state index contributed by atoms with van der Waals surface area (Å²) in [5, 5.41) is 27.9. The zero-order chi connectivity index (χ0) is 14.6. The number of sulfonamides is 1. The molecule has 1 aromatic carbocycles. The molecule has 0 bridgehead atoms. The van der Waals surface area contributed by atoms with Gasteiger partial charge in [0, 0.05) is 12.1 Å². The number of nitro groups is 1. The number of benzene rings is 1. The van der Waals surface area contributed by atoms with E-state index in [1.807, 2.05) is 4.72 Å². The van der Waals surface area contributed by atoms with Crippen LogP contribution in [0, 0.1) is 15.9 Å². The fourth-order valence-corrected chi connectivity index (χ4v) is 2.45. The van der Waals surface area contributed by atoms with E-state index in [0.717, 1.165) is 12.1 Å². The molecule has 1 aromatic rings. The molecule has 0 saturated carbocycles. The molecule has 0 spiro atoms. The minimum atomic E-state index is -4.18. The molecule has 0 fully saturated rings. The van der Waals surface area contributed by atoms with Crippen molar-refractivity contribution < 1.29 is 27.9 Å². The second-order valence-corrected chi connectivity index (χ2v) is 5.27. The average molecular weight is 294 g/mol. The van der Waals surface area contributed by atoms with Crippen LogP contribution in [-0.4, -0.2) is 42.8 Å². The number of nitrogens with one attached hydrogen (secondary N) is 1. The standard InChI is InChI=1S/C9H11FN2O6S/c10-8-3-7(1-2-9(8)12(15)16)19(17,18)11-6(4-13)5-14/h1-3,6,11,13-14H,4-5H2. The number of nitro benzene ring substituents is 1. The highest BCUT2D eigenvalue weighted by atomic mass is 32.2. The lowest BCUT2D eigenvalue weighted by Crippen LogP contribution is -2.40. The number of hydrogen-bond donors (Lipinski definition) is 3. The Balaban J connectivity index is 3.09. The number of hydrogen-bond acceptors (Lipinski definition) is 6. The lowest BCUT2D eigenvalue weighted by molar-refractivity contribution is -0.387. The molecular formula is C9H11FN2O6S. The summed E-state index contributed by atoms with van der Waals surface area (Å²) in [6, 6.07) is 0.932. The van der Waals surface area contributed by atoms with Gasteiger partial charge in [-0.05, 0) is 6.07 Å². The molecule has 106 valence electrons. The van der Waals surface area contributed by atoms with Crippen molar-refractivity contribution in [3.05, 3.63) is 34.1 Å². The first-order chi connectivity index (χ1) is 8.81. The molecule has 0 heterocycles. The van der Waals surface area contributed by atoms with Crippen molar-refractivity contribution in [1.82, 2.24) is 4.72 Å². The largest absolute Gasteiger partial charge is 0.395 e. The van der Waals surface area contributed by atoms with E-state index in [-0.39, 0.29) is 0 Å². The van der Waals surface area contributed by atoms with E-state index in [9.17, 15) is 22.9 Å². The molecule has 0 radical (unpaired) electrons. The highest BCUT2D eigenvalue weighted by Gasteiger charge is 2.23. The third-order valence-corrected chi connectivity index (χ3v) is 3.71. The van der Waals surface area contributed by atoms with Crippen molar-refractivity contribution in [2.24, 2.45) is 0 Å². The van der Waals surface area contributed by atoms with Crippen molar-refractivity contribution in [3.8, 4) is 0 Å². The maximum absolute atomic E-state index is 13.3. The molecule has 3 N–H and O–H groups in total. The van der Waals surface area contributed by atoms with Gasteiger partial charge < -0.3 is 10.2 Å². The van der Waals surface area contributed by atoms with E-state index in [1.165, 1.54) is 0 Å². The summed E-state index contributed by atoms with van der Waals surface area (Å²) in [6.07, 6.45) is 0. The summed E-state index contributed by atoms with van der Waals surface area (Å²) in [5.74, 6) is -1.29. The van der Waals surface area contributed by atoms with Gasteiger partial charge in [-0.2, -0.15) is 4.39 Å². The third kappa shape index (κ3) is 3.67. The van der Waals surface area contributed by atoms with Crippen molar-refractivity contribution in [3.63, 3.8) is 0 Å². The van der Waals surface area contributed by atoms with Crippen molar-refractivity contribution in [1.29, 1.82) is 0 Å². The maximum atomic E-state index is 13.3. The number of aliphatic hydroxyl groups excluding tert-OH is 2. The van der Waals surface area contributed by atoms with Gasteiger partial charge in [0.25, 0.3) is 0 Å². The van der Waals surface area contributed by atoms with Crippen LogP contribution in [0.15, 0.2) is 23.1 Å². The minimum absolute atomic E-state index is 0.492. The van der Waals surface area contributed by atoms with Crippen LogP contribution in [0.3, 0.4) is 0 Å². The Kier molecular flexibility index (Phi) is 4.89. The second-order valence-electron chi connectivity index (χ2n) is 3.55. The van der Waals surface area contributed by atoms with Gasteiger partial charge in [0.1, 0.15) is 0 Å². The van der Waals surface area contributed by atoms with E-state index in [2.05, 4.69) is 0 Å². The molecule has 0 amide bonds. The van der Waals surface area contributed by atoms with Gasteiger partial charge in [0.15, 0.2) is 0 Å². The van der Waals surface area contributed by atoms with Gasteiger partial charge in [-0.25, -0.2) is 13.1 Å². The summed E-state index contributed by atoms with van der Waals surface area (Å²) < 4.78 is 38.7. The smallest absolute Gasteiger partial charge is 0.304 e. The van der Waals surface area contributed by atoms with Gasteiger partial charge in [0.2, 0.25) is 15.8 Å². The van der Waals surface area contributed by atoms with E-state index < -0.39 is 50.6 Å². The Hall–Kier alpha value is -1.62. The van der Waals surface area contributed by atoms with Crippen LogP contribution in [0.2, 0.25) is 0 Å². The van der Waals surface area contributed by atoms with Crippen LogP contribution in [-0.2, 0) is 10.0 Å². The Labute approximate surface area is 107 Å². The summed E-state index contributed by atoms with van der Waals surface area (Å²) in [4.78, 5) is 8.87. The summed E-state index contributed by atoms with van der Waals surface area (Å²) in [5.41, 5.74) is -0.847. The molecule has 0 aliphatic rings. The van der Waals surface area contributed by atoms with Gasteiger partial charge >= 0.3 is 5.69 Å². The quantitative estimate of drug-likeness (QED) is 0.473. The van der Waals surface area contributed by atoms with Crippen LogP contribution >= 0.6 is 0 Å². The lowest BCUT2D eigenvalue weighted by atomic mass is 10.3. The van der Waals surface area contributed by atoms with Gasteiger partial charge in [-0.15, -0.1) is 0 Å². The zero-order valence-corrected chi connectivity index (χ0v) is 10.3. The molecule has 0 atom stereocenters. The van der Waals surface area contributed by atoms with Crippen LogP contribution in [0.25, 0.3) is 0 Å². The molecule has 19 heavy (non-hydrogen) atoms. The Morgan fingerprint density at radius 1 is 1.37 bits per heavy atom. The minimum Gasteiger partial charge on any atom is -0.395 e. The zero-order valence-electron chi connectivity index (χ0n) is 9.48. The first-order valence-electron chi connectivity index (χ1n) is 4.99. The van der Waals surface area contributed by atoms with E-state index in [0.29, 0.717) is 6.07 Å². The average Bonchev–Trinajstić information content (AvgIpc) is 2.35. The molecule has 0 aliphatic carbocycles. The van der Waals surface area contributed by atoms with Gasteiger partial charge in [0.05, 0.1) is 29.1 Å². The second kappa shape index (κ2) is 6.02. The predicted octanol–water partition coefficient (Wildman–Crippen LogP) is -0.635. The summed E-state index contributed by atoms with van der Waals surface area (Å²) in [6.45, 7) is -1.30. The maximum Gasteiger partial charge on any atom is 0.304 e. The summed E-state index contributed by atoms with van der Waals surface area (Å²) in [7, 11) is -4.18. The molecule has 1 rings (SSSR count). The Morgan fingerprint density at radius 3 is 2.37 bits per heavy atom. The van der Waals surface area contributed by atoms with Crippen LogP contribution in [0.1, 0.15) is 0 Å². The molecule has 0 unspecified atom stereocenters. The third-order valence-electron chi connectivity index (χ3n) is 2.19. The summed E-state index contributed by atoms with van der Waals surface area (Å²) >= 11 is 0. The van der Waals surface area contributed by atoms with Crippen LogP contribution in [0.4, 0.5) is 10.1 Å². The SMILES string of the molecule is O=[N+]([O-])c1ccc(S(=O)(=O)NC(CO)CO)cc1F. The fourth-order valence-electron chi connectivity index (χ4n) is 1.22. The molecule has 10 heteroatoms. The van der Waals surface area contributed by atoms with E-state index in [1.54, 1.807) is 0 Å². The Morgan fingerprint density at radius 2 is 1.95 bits per heavy atom. The molecule has 8 nitrogen and oxygen atoms in total. The normalized spacial score (nSPS) is 11.8. The monoisotopic (exact) mass is 294 g/mol. The van der Waals surface area contributed by atoms with Gasteiger partial charge in [-0.3, -0.25) is 10.1 Å². The molecular weight excluding hydrogens is 283 g/mol. The number of rotatable bonds is 6. The fraction of sp³-hybridized carbons (Fsp3) is 0.333. The first-order valence-corrected chi connectivity index (χ1v) is 6.48.